The zero-order chi connectivity index (χ0) is 22.6. The number of benzene rings is 2. The Labute approximate surface area is 175 Å². The van der Waals surface area contributed by atoms with E-state index in [0.717, 1.165) is 24.1 Å². The number of halogens is 1. The first kappa shape index (κ1) is 22.3. The Balaban J connectivity index is 2.47. The summed E-state index contributed by atoms with van der Waals surface area (Å²) >= 11 is 5.88. The highest BCUT2D eigenvalue weighted by Crippen LogP contribution is 2.38. The van der Waals surface area contributed by atoms with Crippen LogP contribution >= 0.6 is 11.6 Å². The molecule has 2 aromatic carbocycles. The van der Waals surface area contributed by atoms with Crippen LogP contribution in [-0.4, -0.2) is 45.2 Å². The minimum atomic E-state index is -0.913. The zero-order valence-electron chi connectivity index (χ0n) is 15.8. The van der Waals surface area contributed by atoms with Crippen molar-refractivity contribution in [2.45, 2.75) is 6.54 Å². The van der Waals surface area contributed by atoms with Gasteiger partial charge in [0.05, 0.1) is 12.0 Å². The lowest BCUT2D eigenvalue weighted by Crippen LogP contribution is -2.28. The molecule has 2 aromatic rings. The molecule has 0 unspecified atom stereocenters. The smallest absolute Gasteiger partial charge is 0.315 e. The van der Waals surface area contributed by atoms with Crippen LogP contribution in [0.25, 0.3) is 5.76 Å². The normalized spacial score (nSPS) is 11.3. The van der Waals surface area contributed by atoms with Crippen LogP contribution in [0.4, 0.5) is 5.69 Å². The number of nitriles is 1. The molecular weight excluding hydrogens is 418 g/mol. The third-order valence-corrected chi connectivity index (χ3v) is 4.34. The maximum absolute atomic E-state index is 12.7. The van der Waals surface area contributed by atoms with Crippen LogP contribution in [0.3, 0.4) is 0 Å². The van der Waals surface area contributed by atoms with E-state index in [4.69, 9.17) is 16.3 Å². The Morgan fingerprint density at radius 2 is 2.00 bits per heavy atom. The van der Waals surface area contributed by atoms with Crippen molar-refractivity contribution < 1.29 is 29.8 Å². The quantitative estimate of drug-likeness (QED) is 0.206. The zero-order valence-corrected chi connectivity index (χ0v) is 16.5. The van der Waals surface area contributed by atoms with Crippen LogP contribution in [-0.2, 0) is 11.3 Å². The molecule has 2 rings (SSSR count). The Hall–Kier alpha value is -3.97. The van der Waals surface area contributed by atoms with E-state index >= 15 is 0 Å². The number of likely N-dealkylation sites (N-methyl/N-ethyl adjacent to an activating group) is 1. The first-order valence-corrected chi connectivity index (χ1v) is 8.60. The van der Waals surface area contributed by atoms with Gasteiger partial charge in [-0.2, -0.15) is 5.26 Å². The van der Waals surface area contributed by atoms with Gasteiger partial charge in [0.1, 0.15) is 17.6 Å². The van der Waals surface area contributed by atoms with Crippen LogP contribution in [0.1, 0.15) is 11.1 Å². The van der Waals surface area contributed by atoms with Crippen LogP contribution in [0, 0.1) is 21.4 Å². The number of methoxy groups -OCH3 is 1. The van der Waals surface area contributed by atoms with E-state index < -0.39 is 33.6 Å². The van der Waals surface area contributed by atoms with Crippen molar-refractivity contribution in [3.05, 3.63) is 62.2 Å². The molecule has 3 N–H and O–H groups in total. The van der Waals surface area contributed by atoms with Gasteiger partial charge >= 0.3 is 5.69 Å². The number of phenolic OH excluding ortho intramolecular Hbond substituents is 2. The number of carbonyl (C=O) groups excluding carboxylic acids is 1. The van der Waals surface area contributed by atoms with Crippen LogP contribution in [0.2, 0.25) is 5.02 Å². The van der Waals surface area contributed by atoms with E-state index in [9.17, 15) is 35.5 Å². The van der Waals surface area contributed by atoms with Gasteiger partial charge in [-0.1, -0.05) is 11.6 Å². The highest BCUT2D eigenvalue weighted by molar-refractivity contribution is 6.30. The molecule has 1 amide bonds. The van der Waals surface area contributed by atoms with Gasteiger partial charge in [0.15, 0.2) is 11.3 Å². The number of amides is 1. The summed E-state index contributed by atoms with van der Waals surface area (Å²) in [5, 5.41) is 51.0. The third kappa shape index (κ3) is 4.53. The molecule has 0 saturated carbocycles. The van der Waals surface area contributed by atoms with Gasteiger partial charge in [0, 0.05) is 35.8 Å². The van der Waals surface area contributed by atoms with Crippen molar-refractivity contribution >= 4 is 29.0 Å². The lowest BCUT2D eigenvalue weighted by atomic mass is 10.1. The summed E-state index contributed by atoms with van der Waals surface area (Å²) in [6.45, 7) is -0.136. The van der Waals surface area contributed by atoms with Crippen molar-refractivity contribution in [3.63, 3.8) is 0 Å². The second-order valence-electron chi connectivity index (χ2n) is 6.07. The molecule has 0 aromatic heterocycles. The summed E-state index contributed by atoms with van der Waals surface area (Å²) in [4.78, 5) is 24.0. The molecule has 0 aliphatic carbocycles. The van der Waals surface area contributed by atoms with E-state index in [0.29, 0.717) is 10.6 Å². The van der Waals surface area contributed by atoms with Crippen molar-refractivity contribution in [1.29, 1.82) is 5.26 Å². The minimum absolute atomic E-state index is 0.121. The van der Waals surface area contributed by atoms with E-state index in [1.54, 1.807) is 6.07 Å². The number of ether oxygens (including phenoxy) is 1. The third-order valence-electron chi connectivity index (χ3n) is 4.10. The lowest BCUT2D eigenvalue weighted by molar-refractivity contribution is -0.386. The summed E-state index contributed by atoms with van der Waals surface area (Å²) in [6, 6.07) is 7.66. The topological polar surface area (TPSA) is 157 Å². The fraction of sp³-hybridized carbons (Fsp3) is 0.158. The molecule has 0 aliphatic heterocycles. The number of nitrogens with zero attached hydrogens (tertiary/aromatic N) is 3. The Morgan fingerprint density at radius 1 is 1.33 bits per heavy atom. The lowest BCUT2D eigenvalue weighted by Gasteiger charge is -2.18. The average Bonchev–Trinajstić information content (AvgIpc) is 2.70. The first-order chi connectivity index (χ1) is 14.1. The molecule has 0 heterocycles. The van der Waals surface area contributed by atoms with E-state index in [-0.39, 0.29) is 23.6 Å². The van der Waals surface area contributed by atoms with Crippen LogP contribution in [0.15, 0.2) is 35.9 Å². The van der Waals surface area contributed by atoms with E-state index in [1.165, 1.54) is 25.2 Å². The van der Waals surface area contributed by atoms with Gasteiger partial charge in [0.2, 0.25) is 5.75 Å². The summed E-state index contributed by atoms with van der Waals surface area (Å²) in [5.41, 5.74) is -1.46. The monoisotopic (exact) mass is 433 g/mol. The van der Waals surface area contributed by atoms with Gasteiger partial charge in [-0.15, -0.1) is 0 Å². The van der Waals surface area contributed by atoms with E-state index in [2.05, 4.69) is 0 Å². The highest BCUT2D eigenvalue weighted by atomic mass is 35.5. The summed E-state index contributed by atoms with van der Waals surface area (Å²) in [6.07, 6.45) is 0. The molecule has 10 nitrogen and oxygen atoms in total. The molecule has 0 bridgehead atoms. The number of phenols is 2. The fourth-order valence-electron chi connectivity index (χ4n) is 2.57. The van der Waals surface area contributed by atoms with Gasteiger partial charge in [-0.3, -0.25) is 14.9 Å². The summed E-state index contributed by atoms with van der Waals surface area (Å²) in [7, 11) is 2.47. The Kier molecular flexibility index (Phi) is 6.71. The number of nitro groups is 1. The predicted octanol–water partition coefficient (Wildman–Crippen LogP) is 3.12. The van der Waals surface area contributed by atoms with Crippen LogP contribution in [0.5, 0.6) is 17.2 Å². The largest absolute Gasteiger partial charge is 0.508 e. The van der Waals surface area contributed by atoms with Crippen molar-refractivity contribution in [2.24, 2.45) is 0 Å². The second-order valence-corrected chi connectivity index (χ2v) is 6.51. The second kappa shape index (κ2) is 9.02. The number of nitro benzene ring substituents is 1. The van der Waals surface area contributed by atoms with Gasteiger partial charge in [-0.05, 0) is 24.3 Å². The average molecular weight is 434 g/mol. The molecule has 30 heavy (non-hydrogen) atoms. The number of rotatable bonds is 6. The molecule has 0 saturated heterocycles. The van der Waals surface area contributed by atoms with E-state index in [1.807, 2.05) is 0 Å². The molecular formula is C19H16ClN3O7. The molecule has 156 valence electrons. The molecule has 0 radical (unpaired) electrons. The van der Waals surface area contributed by atoms with Crippen molar-refractivity contribution in [1.82, 2.24) is 4.90 Å². The molecule has 0 fully saturated rings. The minimum Gasteiger partial charge on any atom is -0.508 e. The standard InChI is InChI=1S/C19H16ClN3O7/c1-22(9-11-5-12(20)3-4-15(11)24)19(27)13(8-21)17(25)10-6-14(23(28)29)18(26)16(7-10)30-2/h3-7,24-26H,9H2,1-2H3/b17-13-. The first-order valence-electron chi connectivity index (χ1n) is 8.22. The molecule has 0 spiro atoms. The maximum atomic E-state index is 12.7. The molecule has 0 aliphatic rings. The maximum Gasteiger partial charge on any atom is 0.315 e. The van der Waals surface area contributed by atoms with Crippen LogP contribution < -0.4 is 4.74 Å². The molecule has 0 atom stereocenters. The molecule has 11 heteroatoms. The van der Waals surface area contributed by atoms with Crippen molar-refractivity contribution in [3.8, 4) is 23.3 Å². The predicted molar refractivity (Wildman–Crippen MR) is 106 cm³/mol. The van der Waals surface area contributed by atoms with Crippen molar-refractivity contribution in [2.75, 3.05) is 14.2 Å². The number of aromatic hydroxyl groups is 2. The Bertz CT molecular complexity index is 1090. The van der Waals surface area contributed by atoms with Gasteiger partial charge in [0.25, 0.3) is 5.91 Å². The fourth-order valence-corrected chi connectivity index (χ4v) is 2.76. The number of carbonyl (C=O) groups is 1. The Morgan fingerprint density at radius 3 is 2.57 bits per heavy atom. The number of aliphatic hydroxyl groups excluding tert-OH is 1. The highest BCUT2D eigenvalue weighted by Gasteiger charge is 2.26. The number of aliphatic hydroxyl groups is 1. The number of hydrogen-bond acceptors (Lipinski definition) is 8. The number of hydrogen-bond donors (Lipinski definition) is 3. The van der Waals surface area contributed by atoms with Gasteiger partial charge < -0.3 is 25.0 Å². The van der Waals surface area contributed by atoms with Gasteiger partial charge in [-0.25, -0.2) is 0 Å². The summed E-state index contributed by atoms with van der Waals surface area (Å²) < 4.78 is 4.84. The SMILES string of the molecule is COc1cc(/C(O)=C(\C#N)C(=O)N(C)Cc2cc(Cl)ccc2O)cc([N+](=O)[O-])c1O. The summed E-state index contributed by atoms with van der Waals surface area (Å²) in [5.74, 6) is -2.97.